The second-order valence-corrected chi connectivity index (χ2v) is 7.73. The monoisotopic (exact) mass is 382 g/mol. The first-order valence-corrected chi connectivity index (χ1v) is 8.06. The number of sulfonamides is 1. The highest BCUT2D eigenvalue weighted by atomic mass is 79.9. The largest absolute Gasteiger partial charge is 0.325 e. The molecule has 0 atom stereocenters. The highest BCUT2D eigenvalue weighted by Gasteiger charge is 2.35. The van der Waals surface area contributed by atoms with Crippen molar-refractivity contribution in [3.05, 3.63) is 26.6 Å². The van der Waals surface area contributed by atoms with Crippen molar-refractivity contribution in [3.63, 3.8) is 0 Å². The van der Waals surface area contributed by atoms with Crippen LogP contribution >= 0.6 is 31.9 Å². The van der Waals surface area contributed by atoms with Gasteiger partial charge in [0.1, 0.15) is 0 Å². The van der Waals surface area contributed by atoms with E-state index in [1.54, 1.807) is 12.1 Å². The average molecular weight is 384 g/mol. The van der Waals surface area contributed by atoms with Crippen LogP contribution in [0.3, 0.4) is 0 Å². The van der Waals surface area contributed by atoms with Crippen LogP contribution in [0.25, 0.3) is 0 Å². The molecule has 1 aliphatic rings. The minimum absolute atomic E-state index is 0.0440. The van der Waals surface area contributed by atoms with Crippen LogP contribution in [0.4, 0.5) is 0 Å². The fourth-order valence-electron chi connectivity index (χ4n) is 1.63. The predicted molar refractivity (Wildman–Crippen MR) is 73.3 cm³/mol. The molecule has 0 aliphatic carbocycles. The Labute approximate surface area is 117 Å². The molecule has 0 radical (unpaired) electrons. The van der Waals surface area contributed by atoms with Gasteiger partial charge in [0.2, 0.25) is 10.0 Å². The minimum atomic E-state index is -3.43. The quantitative estimate of drug-likeness (QED) is 0.847. The molecular weight excluding hydrogens is 372 g/mol. The number of halogens is 2. The van der Waals surface area contributed by atoms with E-state index in [1.807, 2.05) is 6.92 Å². The lowest BCUT2D eigenvalue weighted by Gasteiger charge is -2.35. The SMILES string of the molecule is Cc1cc(Br)c(S(=O)(=O)N2CC(N)C2)cc1Br. The first-order valence-electron chi connectivity index (χ1n) is 5.03. The van der Waals surface area contributed by atoms with E-state index >= 15 is 0 Å². The Bertz CT molecular complexity index is 554. The van der Waals surface area contributed by atoms with Gasteiger partial charge in [-0.1, -0.05) is 15.9 Å². The summed E-state index contributed by atoms with van der Waals surface area (Å²) in [5.74, 6) is 0. The van der Waals surface area contributed by atoms with Gasteiger partial charge in [0, 0.05) is 28.1 Å². The van der Waals surface area contributed by atoms with Crippen molar-refractivity contribution in [1.82, 2.24) is 4.31 Å². The van der Waals surface area contributed by atoms with Crippen molar-refractivity contribution < 1.29 is 8.42 Å². The molecule has 1 saturated heterocycles. The Kier molecular flexibility index (Phi) is 3.66. The first-order chi connectivity index (χ1) is 7.82. The lowest BCUT2D eigenvalue weighted by Crippen LogP contribution is -2.57. The fourth-order valence-corrected chi connectivity index (χ4v) is 4.82. The maximum absolute atomic E-state index is 12.3. The summed E-state index contributed by atoms with van der Waals surface area (Å²) in [5, 5.41) is 0. The topological polar surface area (TPSA) is 63.4 Å². The molecule has 2 rings (SSSR count). The van der Waals surface area contributed by atoms with Crippen molar-refractivity contribution in [2.75, 3.05) is 13.1 Å². The van der Waals surface area contributed by atoms with Crippen LogP contribution in [0.2, 0.25) is 0 Å². The number of hydrogen-bond donors (Lipinski definition) is 1. The first kappa shape index (κ1) is 13.5. The van der Waals surface area contributed by atoms with Gasteiger partial charge in [-0.15, -0.1) is 0 Å². The lowest BCUT2D eigenvalue weighted by atomic mass is 10.2. The Morgan fingerprint density at radius 2 is 1.88 bits per heavy atom. The Hall–Kier alpha value is 0.0500. The summed E-state index contributed by atoms with van der Waals surface area (Å²) in [7, 11) is -3.43. The van der Waals surface area contributed by atoms with Crippen LogP contribution < -0.4 is 5.73 Å². The Morgan fingerprint density at radius 1 is 1.29 bits per heavy atom. The molecule has 94 valence electrons. The number of aryl methyl sites for hydroxylation is 1. The molecule has 0 bridgehead atoms. The zero-order valence-corrected chi connectivity index (χ0v) is 13.1. The van der Waals surface area contributed by atoms with Crippen LogP contribution in [-0.4, -0.2) is 31.9 Å². The molecule has 1 fully saturated rings. The van der Waals surface area contributed by atoms with Gasteiger partial charge in [0.25, 0.3) is 0 Å². The van der Waals surface area contributed by atoms with Crippen molar-refractivity contribution >= 4 is 41.9 Å². The normalized spacial score (nSPS) is 18.1. The van der Waals surface area contributed by atoms with E-state index in [0.717, 1.165) is 10.0 Å². The van der Waals surface area contributed by atoms with E-state index in [9.17, 15) is 8.42 Å². The standard InChI is InChI=1S/C10H12Br2N2O2S/c1-6-2-9(12)10(3-8(6)11)17(15,16)14-4-7(13)5-14/h2-3,7H,4-5,13H2,1H3. The molecule has 4 nitrogen and oxygen atoms in total. The summed E-state index contributed by atoms with van der Waals surface area (Å²) in [5.41, 5.74) is 6.59. The van der Waals surface area contributed by atoms with Crippen LogP contribution in [-0.2, 0) is 10.0 Å². The van der Waals surface area contributed by atoms with Gasteiger partial charge in [-0.2, -0.15) is 4.31 Å². The lowest BCUT2D eigenvalue weighted by molar-refractivity contribution is 0.265. The Morgan fingerprint density at radius 3 is 2.41 bits per heavy atom. The molecule has 1 aromatic rings. The van der Waals surface area contributed by atoms with E-state index in [4.69, 9.17) is 5.73 Å². The zero-order valence-electron chi connectivity index (χ0n) is 9.15. The van der Waals surface area contributed by atoms with Crippen molar-refractivity contribution in [3.8, 4) is 0 Å². The van der Waals surface area contributed by atoms with E-state index < -0.39 is 10.0 Å². The third-order valence-electron chi connectivity index (χ3n) is 2.71. The summed E-state index contributed by atoms with van der Waals surface area (Å²) in [4.78, 5) is 0.280. The number of nitrogens with zero attached hydrogens (tertiary/aromatic N) is 1. The molecule has 7 heteroatoms. The zero-order chi connectivity index (χ0) is 12.8. The predicted octanol–water partition coefficient (Wildman–Crippen LogP) is 1.85. The summed E-state index contributed by atoms with van der Waals surface area (Å²) < 4.78 is 27.3. The third kappa shape index (κ3) is 2.44. The molecule has 1 heterocycles. The maximum atomic E-state index is 12.3. The number of rotatable bonds is 2. The number of hydrogen-bond acceptors (Lipinski definition) is 3. The van der Waals surface area contributed by atoms with Crippen LogP contribution in [0.5, 0.6) is 0 Å². The van der Waals surface area contributed by atoms with Gasteiger partial charge in [-0.3, -0.25) is 0 Å². The molecule has 0 amide bonds. The van der Waals surface area contributed by atoms with Gasteiger partial charge >= 0.3 is 0 Å². The highest BCUT2D eigenvalue weighted by molar-refractivity contribution is 9.11. The van der Waals surface area contributed by atoms with E-state index in [1.165, 1.54) is 4.31 Å². The summed E-state index contributed by atoms with van der Waals surface area (Å²) >= 11 is 6.64. The molecule has 0 aromatic heterocycles. The average Bonchev–Trinajstić information content (AvgIpc) is 2.18. The summed E-state index contributed by atoms with van der Waals surface area (Å²) in [6.45, 7) is 2.69. The molecular formula is C10H12Br2N2O2S. The third-order valence-corrected chi connectivity index (χ3v) is 6.35. The Balaban J connectivity index is 2.43. The van der Waals surface area contributed by atoms with Crippen molar-refractivity contribution in [1.29, 1.82) is 0 Å². The summed E-state index contributed by atoms with van der Waals surface area (Å²) in [6, 6.07) is 3.37. The van der Waals surface area contributed by atoms with E-state index in [0.29, 0.717) is 17.6 Å². The molecule has 1 aliphatic heterocycles. The van der Waals surface area contributed by atoms with Crippen LogP contribution in [0.1, 0.15) is 5.56 Å². The number of benzene rings is 1. The molecule has 2 N–H and O–H groups in total. The smallest absolute Gasteiger partial charge is 0.244 e. The molecule has 0 unspecified atom stereocenters. The molecule has 0 spiro atoms. The van der Waals surface area contributed by atoms with Crippen molar-refractivity contribution in [2.45, 2.75) is 17.9 Å². The van der Waals surface area contributed by atoms with E-state index in [2.05, 4.69) is 31.9 Å². The maximum Gasteiger partial charge on any atom is 0.244 e. The van der Waals surface area contributed by atoms with Gasteiger partial charge < -0.3 is 5.73 Å². The molecule has 0 saturated carbocycles. The van der Waals surface area contributed by atoms with Crippen molar-refractivity contribution in [2.24, 2.45) is 5.73 Å². The second kappa shape index (κ2) is 4.62. The van der Waals surface area contributed by atoms with Gasteiger partial charge in [-0.25, -0.2) is 8.42 Å². The summed E-state index contributed by atoms with van der Waals surface area (Å²) in [6.07, 6.45) is 0. The second-order valence-electron chi connectivity index (χ2n) is 4.11. The fraction of sp³-hybridized carbons (Fsp3) is 0.400. The van der Waals surface area contributed by atoms with Crippen LogP contribution in [0.15, 0.2) is 26.0 Å². The highest BCUT2D eigenvalue weighted by Crippen LogP contribution is 2.32. The van der Waals surface area contributed by atoms with Gasteiger partial charge in [-0.05, 0) is 40.5 Å². The van der Waals surface area contributed by atoms with Gasteiger partial charge in [0.15, 0.2) is 0 Å². The van der Waals surface area contributed by atoms with Crippen LogP contribution in [0, 0.1) is 6.92 Å². The van der Waals surface area contributed by atoms with Gasteiger partial charge in [0.05, 0.1) is 4.90 Å². The number of nitrogens with two attached hydrogens (primary N) is 1. The molecule has 1 aromatic carbocycles. The minimum Gasteiger partial charge on any atom is -0.325 e. The van der Waals surface area contributed by atoms with E-state index in [-0.39, 0.29) is 10.9 Å². The molecule has 17 heavy (non-hydrogen) atoms.